The van der Waals surface area contributed by atoms with E-state index in [1.807, 2.05) is 4.68 Å². The van der Waals surface area contributed by atoms with Gasteiger partial charge < -0.3 is 5.32 Å². The number of benzene rings is 1. The summed E-state index contributed by atoms with van der Waals surface area (Å²) in [5, 5.41) is 15.6. The van der Waals surface area contributed by atoms with Crippen LogP contribution in [0, 0.1) is 6.92 Å². The van der Waals surface area contributed by atoms with Gasteiger partial charge in [-0.15, -0.1) is 5.10 Å². The lowest BCUT2D eigenvalue weighted by molar-refractivity contribution is 0.331. The van der Waals surface area contributed by atoms with Crippen molar-refractivity contribution in [3.05, 3.63) is 41.2 Å². The van der Waals surface area contributed by atoms with Gasteiger partial charge in [0.1, 0.15) is 0 Å². The van der Waals surface area contributed by atoms with E-state index in [1.54, 1.807) is 0 Å². The zero-order chi connectivity index (χ0) is 13.1. The van der Waals surface area contributed by atoms with E-state index in [0.717, 1.165) is 38.2 Å². The van der Waals surface area contributed by atoms with Crippen LogP contribution >= 0.6 is 0 Å². The molecule has 1 N–H and O–H groups in total. The van der Waals surface area contributed by atoms with Crippen molar-refractivity contribution in [3.8, 4) is 0 Å². The Morgan fingerprint density at radius 2 is 1.95 bits per heavy atom. The summed E-state index contributed by atoms with van der Waals surface area (Å²) in [5.74, 6) is 0.968. The third kappa shape index (κ3) is 2.81. The van der Waals surface area contributed by atoms with E-state index >= 15 is 0 Å². The number of aryl methyl sites for hydroxylation is 1. The minimum atomic E-state index is 0.441. The Hall–Kier alpha value is -1.75. The van der Waals surface area contributed by atoms with Crippen LogP contribution in [-0.4, -0.2) is 33.3 Å². The van der Waals surface area contributed by atoms with Crippen molar-refractivity contribution in [1.29, 1.82) is 0 Å². The van der Waals surface area contributed by atoms with Crippen LogP contribution in [0.3, 0.4) is 0 Å². The number of rotatable bonds is 3. The predicted octanol–water partition coefficient (Wildman–Crippen LogP) is 1.50. The van der Waals surface area contributed by atoms with E-state index in [4.69, 9.17) is 0 Å². The van der Waals surface area contributed by atoms with Gasteiger partial charge in [-0.05, 0) is 48.8 Å². The second kappa shape index (κ2) is 5.48. The van der Waals surface area contributed by atoms with Crippen LogP contribution in [-0.2, 0) is 6.42 Å². The molecule has 0 spiro atoms. The lowest BCUT2D eigenvalue weighted by atomic mass is 10.1. The van der Waals surface area contributed by atoms with Crippen molar-refractivity contribution >= 4 is 0 Å². The van der Waals surface area contributed by atoms with Gasteiger partial charge in [-0.2, -0.15) is 0 Å². The van der Waals surface area contributed by atoms with Crippen LogP contribution in [0.5, 0.6) is 0 Å². The van der Waals surface area contributed by atoms with Crippen LogP contribution in [0.1, 0.15) is 35.8 Å². The zero-order valence-electron chi connectivity index (χ0n) is 11.2. The van der Waals surface area contributed by atoms with Crippen LogP contribution < -0.4 is 5.32 Å². The Bertz CT molecular complexity index is 525. The average Bonchev–Trinajstić information content (AvgIpc) is 2.90. The second-order valence-electron chi connectivity index (χ2n) is 5.18. The molecule has 0 atom stereocenters. The molecule has 1 aromatic carbocycles. The first kappa shape index (κ1) is 12.3. The van der Waals surface area contributed by atoms with Crippen LogP contribution in [0.15, 0.2) is 24.3 Å². The summed E-state index contributed by atoms with van der Waals surface area (Å²) >= 11 is 0. The molecule has 0 saturated carbocycles. The lowest BCUT2D eigenvalue weighted by Gasteiger charge is -2.23. The summed E-state index contributed by atoms with van der Waals surface area (Å²) in [7, 11) is 0. The first-order chi connectivity index (χ1) is 9.33. The van der Waals surface area contributed by atoms with Crippen molar-refractivity contribution in [2.45, 2.75) is 32.2 Å². The van der Waals surface area contributed by atoms with E-state index in [-0.39, 0.29) is 0 Å². The van der Waals surface area contributed by atoms with Crippen molar-refractivity contribution in [1.82, 2.24) is 25.5 Å². The smallest absolute Gasteiger partial charge is 0.155 e. The van der Waals surface area contributed by atoms with Gasteiger partial charge in [-0.3, -0.25) is 0 Å². The van der Waals surface area contributed by atoms with Gasteiger partial charge in [0.15, 0.2) is 5.82 Å². The SMILES string of the molecule is Cc1ccc(Cc2nnnn2C2CCNCC2)cc1. The highest BCUT2D eigenvalue weighted by atomic mass is 15.5. The summed E-state index contributed by atoms with van der Waals surface area (Å²) in [6.45, 7) is 4.20. The summed E-state index contributed by atoms with van der Waals surface area (Å²) in [5.41, 5.74) is 2.54. The summed E-state index contributed by atoms with van der Waals surface area (Å²) < 4.78 is 2.01. The van der Waals surface area contributed by atoms with E-state index in [2.05, 4.69) is 52.0 Å². The molecule has 0 amide bonds. The highest BCUT2D eigenvalue weighted by molar-refractivity contribution is 5.23. The van der Waals surface area contributed by atoms with E-state index in [1.165, 1.54) is 11.1 Å². The standard InChI is InChI=1S/C14H19N5/c1-11-2-4-12(5-3-11)10-14-16-17-18-19(14)13-6-8-15-9-7-13/h2-5,13,15H,6-10H2,1H3. The number of aromatic nitrogens is 4. The number of nitrogens with one attached hydrogen (secondary N) is 1. The monoisotopic (exact) mass is 257 g/mol. The molecule has 0 aliphatic carbocycles. The van der Waals surface area contributed by atoms with Gasteiger partial charge in [-0.1, -0.05) is 29.8 Å². The molecule has 1 aromatic heterocycles. The van der Waals surface area contributed by atoms with E-state index in [9.17, 15) is 0 Å². The molecule has 5 heteroatoms. The van der Waals surface area contributed by atoms with Gasteiger partial charge >= 0.3 is 0 Å². The largest absolute Gasteiger partial charge is 0.317 e. The normalized spacial score (nSPS) is 16.7. The number of nitrogens with zero attached hydrogens (tertiary/aromatic N) is 4. The molecule has 2 aromatic rings. The van der Waals surface area contributed by atoms with E-state index < -0.39 is 0 Å². The van der Waals surface area contributed by atoms with Gasteiger partial charge in [0.25, 0.3) is 0 Å². The maximum Gasteiger partial charge on any atom is 0.155 e. The maximum atomic E-state index is 4.19. The third-order valence-corrected chi connectivity index (χ3v) is 3.70. The lowest BCUT2D eigenvalue weighted by Crippen LogP contribution is -2.30. The second-order valence-corrected chi connectivity index (χ2v) is 5.18. The Morgan fingerprint density at radius 1 is 1.21 bits per heavy atom. The van der Waals surface area contributed by atoms with Crippen LogP contribution in [0.4, 0.5) is 0 Å². The van der Waals surface area contributed by atoms with Gasteiger partial charge in [0.05, 0.1) is 6.04 Å². The Balaban J connectivity index is 1.77. The predicted molar refractivity (Wildman–Crippen MR) is 72.9 cm³/mol. The van der Waals surface area contributed by atoms with Gasteiger partial charge in [-0.25, -0.2) is 4.68 Å². The molecule has 1 aliphatic rings. The molecule has 0 unspecified atom stereocenters. The summed E-state index contributed by atoms with van der Waals surface area (Å²) in [6.07, 6.45) is 3.01. The van der Waals surface area contributed by atoms with Crippen LogP contribution in [0.2, 0.25) is 0 Å². The van der Waals surface area contributed by atoms with Crippen LogP contribution in [0.25, 0.3) is 0 Å². The Morgan fingerprint density at radius 3 is 2.68 bits per heavy atom. The fraction of sp³-hybridized carbons (Fsp3) is 0.500. The van der Waals surface area contributed by atoms with Gasteiger partial charge in [0, 0.05) is 6.42 Å². The molecular weight excluding hydrogens is 238 g/mol. The zero-order valence-corrected chi connectivity index (χ0v) is 11.2. The average molecular weight is 257 g/mol. The maximum absolute atomic E-state index is 4.19. The molecule has 1 fully saturated rings. The van der Waals surface area contributed by atoms with Crippen molar-refractivity contribution in [3.63, 3.8) is 0 Å². The molecule has 1 saturated heterocycles. The first-order valence-corrected chi connectivity index (χ1v) is 6.86. The molecule has 100 valence electrons. The molecule has 0 radical (unpaired) electrons. The molecule has 5 nitrogen and oxygen atoms in total. The number of hydrogen-bond acceptors (Lipinski definition) is 4. The summed E-state index contributed by atoms with van der Waals surface area (Å²) in [4.78, 5) is 0. The first-order valence-electron chi connectivity index (χ1n) is 6.86. The number of tetrazole rings is 1. The Kier molecular flexibility index (Phi) is 3.55. The molecule has 19 heavy (non-hydrogen) atoms. The van der Waals surface area contributed by atoms with Crippen molar-refractivity contribution < 1.29 is 0 Å². The quantitative estimate of drug-likeness (QED) is 0.905. The minimum Gasteiger partial charge on any atom is -0.317 e. The highest BCUT2D eigenvalue weighted by Crippen LogP contribution is 2.19. The van der Waals surface area contributed by atoms with E-state index in [0.29, 0.717) is 6.04 Å². The van der Waals surface area contributed by atoms with Crippen molar-refractivity contribution in [2.75, 3.05) is 13.1 Å². The number of hydrogen-bond donors (Lipinski definition) is 1. The molecule has 2 heterocycles. The molecule has 0 bridgehead atoms. The number of piperidine rings is 1. The Labute approximate surface area is 113 Å². The third-order valence-electron chi connectivity index (χ3n) is 3.70. The van der Waals surface area contributed by atoms with Gasteiger partial charge in [0.2, 0.25) is 0 Å². The molecule has 1 aliphatic heterocycles. The fourth-order valence-electron chi connectivity index (χ4n) is 2.55. The summed E-state index contributed by atoms with van der Waals surface area (Å²) in [6, 6.07) is 9.01. The fourth-order valence-corrected chi connectivity index (χ4v) is 2.55. The highest BCUT2D eigenvalue weighted by Gasteiger charge is 2.19. The van der Waals surface area contributed by atoms with Crippen molar-refractivity contribution in [2.24, 2.45) is 0 Å². The molecule has 3 rings (SSSR count). The minimum absolute atomic E-state index is 0.441. The molecular formula is C14H19N5. The topological polar surface area (TPSA) is 55.6 Å².